The Bertz CT molecular complexity index is 949. The first-order chi connectivity index (χ1) is 13.4. The Morgan fingerprint density at radius 3 is 2.64 bits per heavy atom. The quantitative estimate of drug-likeness (QED) is 0.337. The summed E-state index contributed by atoms with van der Waals surface area (Å²) in [5.74, 6) is 1.11. The predicted octanol–water partition coefficient (Wildman–Crippen LogP) is 4.99. The average Bonchev–Trinajstić information content (AvgIpc) is 3.01. The number of nitrogens with zero attached hydrogens (tertiary/aromatic N) is 3. The zero-order chi connectivity index (χ0) is 20.3. The summed E-state index contributed by atoms with van der Waals surface area (Å²) < 4.78 is 0.800. The first-order valence-corrected chi connectivity index (χ1v) is 11.2. The van der Waals surface area contributed by atoms with Gasteiger partial charge in [0, 0.05) is 10.3 Å². The Morgan fingerprint density at radius 1 is 1.21 bits per heavy atom. The second-order valence-electron chi connectivity index (χ2n) is 6.99. The molecule has 0 aliphatic carbocycles. The highest BCUT2D eigenvalue weighted by Gasteiger charge is 2.19. The van der Waals surface area contributed by atoms with E-state index in [9.17, 15) is 5.11 Å². The highest BCUT2D eigenvalue weighted by Crippen LogP contribution is 2.38. The number of rotatable bonds is 8. The van der Waals surface area contributed by atoms with E-state index in [0.29, 0.717) is 27.7 Å². The van der Waals surface area contributed by atoms with E-state index in [1.807, 2.05) is 24.3 Å². The molecule has 150 valence electrons. The first kappa shape index (κ1) is 21.1. The maximum absolute atomic E-state index is 9.74. The molecule has 3 rings (SSSR count). The summed E-state index contributed by atoms with van der Waals surface area (Å²) in [6, 6.07) is 7.66. The number of halogens is 1. The van der Waals surface area contributed by atoms with Crippen molar-refractivity contribution in [3.8, 4) is 0 Å². The number of nitrogens with one attached hydrogen (secondary N) is 1. The lowest BCUT2D eigenvalue weighted by atomic mass is 10.0. The van der Waals surface area contributed by atoms with Crippen LogP contribution in [0.2, 0.25) is 5.02 Å². The molecule has 4 N–H and O–H groups in total. The minimum Gasteiger partial charge on any atom is -0.394 e. The maximum atomic E-state index is 9.74. The fourth-order valence-corrected chi connectivity index (χ4v) is 4.96. The van der Waals surface area contributed by atoms with E-state index in [-0.39, 0.29) is 17.9 Å². The summed E-state index contributed by atoms with van der Waals surface area (Å²) in [6.45, 7) is 6.34. The van der Waals surface area contributed by atoms with Gasteiger partial charge in [0.15, 0.2) is 21.8 Å². The number of anilines is 2. The molecule has 0 aliphatic rings. The van der Waals surface area contributed by atoms with Crippen molar-refractivity contribution in [3.63, 3.8) is 0 Å². The number of aliphatic hydroxyl groups excluding tert-OH is 1. The Labute approximate surface area is 177 Å². The van der Waals surface area contributed by atoms with Gasteiger partial charge < -0.3 is 16.2 Å². The summed E-state index contributed by atoms with van der Waals surface area (Å²) in [4.78, 5) is 13.6. The van der Waals surface area contributed by atoms with Crippen LogP contribution in [0.15, 0.2) is 29.4 Å². The normalized spacial score (nSPS) is 13.8. The molecule has 9 heteroatoms. The Morgan fingerprint density at radius 2 is 1.96 bits per heavy atom. The molecule has 6 nitrogen and oxygen atoms in total. The molecule has 0 radical (unpaired) electrons. The third kappa shape index (κ3) is 5.05. The van der Waals surface area contributed by atoms with Crippen molar-refractivity contribution in [1.82, 2.24) is 15.0 Å². The summed E-state index contributed by atoms with van der Waals surface area (Å²) in [5, 5.41) is 14.9. The van der Waals surface area contributed by atoms with Crippen molar-refractivity contribution in [2.24, 2.45) is 5.92 Å². The van der Waals surface area contributed by atoms with Crippen molar-refractivity contribution < 1.29 is 5.11 Å². The zero-order valence-corrected chi connectivity index (χ0v) is 18.4. The van der Waals surface area contributed by atoms with Gasteiger partial charge >= 0.3 is 0 Å². The Kier molecular flexibility index (Phi) is 6.98. The van der Waals surface area contributed by atoms with Crippen LogP contribution in [0.25, 0.3) is 10.3 Å². The minimum atomic E-state index is -0.0970. The summed E-state index contributed by atoms with van der Waals surface area (Å²) in [6.07, 6.45) is 0.828. The van der Waals surface area contributed by atoms with Crippen molar-refractivity contribution in [2.45, 2.75) is 43.6 Å². The van der Waals surface area contributed by atoms with Gasteiger partial charge in [-0.1, -0.05) is 66.7 Å². The Balaban J connectivity index is 1.92. The van der Waals surface area contributed by atoms with Gasteiger partial charge in [0.25, 0.3) is 0 Å². The van der Waals surface area contributed by atoms with E-state index in [2.05, 4.69) is 36.1 Å². The molecular weight excluding hydrogens is 414 g/mol. The highest BCUT2D eigenvalue weighted by atomic mass is 35.5. The monoisotopic (exact) mass is 437 g/mol. The molecule has 3 aromatic rings. The molecule has 2 aromatic heterocycles. The molecular formula is C19H24ClN5OS2. The number of nitrogen functional groups attached to an aromatic ring is 1. The Hall–Kier alpha value is -1.61. The number of benzene rings is 1. The zero-order valence-electron chi connectivity index (χ0n) is 16.0. The van der Waals surface area contributed by atoms with Crippen LogP contribution in [0, 0.1) is 5.92 Å². The van der Waals surface area contributed by atoms with E-state index >= 15 is 0 Å². The van der Waals surface area contributed by atoms with Gasteiger partial charge in [-0.3, -0.25) is 0 Å². The fraction of sp³-hybridized carbons (Fsp3) is 0.421. The van der Waals surface area contributed by atoms with Gasteiger partial charge in [-0.25, -0.2) is 15.0 Å². The van der Waals surface area contributed by atoms with Gasteiger partial charge in [-0.2, -0.15) is 0 Å². The number of thiazole rings is 1. The lowest BCUT2D eigenvalue weighted by Gasteiger charge is -2.19. The van der Waals surface area contributed by atoms with Crippen molar-refractivity contribution in [1.29, 1.82) is 0 Å². The van der Waals surface area contributed by atoms with E-state index < -0.39 is 0 Å². The molecule has 0 spiro atoms. The smallest absolute Gasteiger partial charge is 0.192 e. The van der Waals surface area contributed by atoms with Crippen LogP contribution < -0.4 is 11.1 Å². The molecule has 2 heterocycles. The summed E-state index contributed by atoms with van der Waals surface area (Å²) in [7, 11) is 0. The van der Waals surface area contributed by atoms with Crippen molar-refractivity contribution in [2.75, 3.05) is 17.7 Å². The van der Waals surface area contributed by atoms with E-state index in [1.54, 1.807) is 0 Å². The molecule has 1 unspecified atom stereocenters. The van der Waals surface area contributed by atoms with Gasteiger partial charge in [0.2, 0.25) is 0 Å². The molecule has 0 fully saturated rings. The topological polar surface area (TPSA) is 97.0 Å². The van der Waals surface area contributed by atoms with Crippen LogP contribution in [0.5, 0.6) is 0 Å². The molecule has 1 aromatic carbocycles. The van der Waals surface area contributed by atoms with Crippen LogP contribution >= 0.6 is 34.7 Å². The number of fused-ring (bicyclic) bond motifs is 1. The summed E-state index contributed by atoms with van der Waals surface area (Å²) in [5.41, 5.74) is 7.49. The SMILES string of the molecule is CC(C)C[C@H](CO)Nc1nc(SC(C)c2ccccc2Cl)nc2nc(N)sc12. The van der Waals surface area contributed by atoms with E-state index in [1.165, 1.54) is 23.1 Å². The molecule has 0 saturated carbocycles. The minimum absolute atomic E-state index is 0.0243. The molecule has 0 saturated heterocycles. The standard InChI is InChI=1S/C19H24ClN5OS2/c1-10(2)8-12(9-26)22-16-15-17(23-18(21)28-15)25-19(24-16)27-11(3)13-6-4-5-7-14(13)20/h4-7,10-12,26H,8-9H2,1-3H3,(H3,21,22,23,24,25)/t11?,12-/m1/s1. The fourth-order valence-electron chi connectivity index (χ4n) is 2.94. The van der Waals surface area contributed by atoms with Crippen LogP contribution in [0.3, 0.4) is 0 Å². The maximum Gasteiger partial charge on any atom is 0.192 e. The van der Waals surface area contributed by atoms with Crippen molar-refractivity contribution >= 4 is 56.0 Å². The first-order valence-electron chi connectivity index (χ1n) is 9.10. The van der Waals surface area contributed by atoms with Crippen molar-refractivity contribution in [3.05, 3.63) is 34.9 Å². The lowest BCUT2D eigenvalue weighted by molar-refractivity contribution is 0.259. The van der Waals surface area contributed by atoms with Gasteiger partial charge in [0.05, 0.1) is 12.6 Å². The van der Waals surface area contributed by atoms with E-state index in [0.717, 1.165) is 21.7 Å². The van der Waals surface area contributed by atoms with Crippen LogP contribution in [0.4, 0.5) is 10.9 Å². The third-order valence-corrected chi connectivity index (χ3v) is 6.42. The van der Waals surface area contributed by atoms with Gasteiger partial charge in [-0.05, 0) is 30.9 Å². The van der Waals surface area contributed by atoms with Crippen LogP contribution in [-0.4, -0.2) is 32.7 Å². The molecule has 2 atom stereocenters. The number of nitrogens with two attached hydrogens (primary N) is 1. The van der Waals surface area contributed by atoms with Gasteiger partial charge in [-0.15, -0.1) is 0 Å². The van der Waals surface area contributed by atoms with Gasteiger partial charge in [0.1, 0.15) is 4.70 Å². The van der Waals surface area contributed by atoms with E-state index in [4.69, 9.17) is 22.3 Å². The number of hydrogen-bond donors (Lipinski definition) is 3. The second-order valence-corrected chi connectivity index (χ2v) is 9.74. The average molecular weight is 438 g/mol. The molecule has 0 bridgehead atoms. The lowest BCUT2D eigenvalue weighted by Crippen LogP contribution is -2.26. The summed E-state index contributed by atoms with van der Waals surface area (Å²) >= 11 is 9.19. The van der Waals surface area contributed by atoms with Crippen LogP contribution in [0.1, 0.15) is 38.0 Å². The molecule has 0 amide bonds. The second kappa shape index (κ2) is 9.26. The van der Waals surface area contributed by atoms with Crippen LogP contribution in [-0.2, 0) is 0 Å². The molecule has 28 heavy (non-hydrogen) atoms. The largest absolute Gasteiger partial charge is 0.394 e. The number of hydrogen-bond acceptors (Lipinski definition) is 8. The number of aliphatic hydroxyl groups is 1. The third-order valence-electron chi connectivity index (χ3n) is 4.19. The molecule has 0 aliphatic heterocycles. The number of thioether (sulfide) groups is 1. The number of aromatic nitrogens is 3. The highest BCUT2D eigenvalue weighted by molar-refractivity contribution is 7.99. The predicted molar refractivity (Wildman–Crippen MR) is 119 cm³/mol.